The van der Waals surface area contributed by atoms with Crippen molar-refractivity contribution in [1.29, 1.82) is 0 Å². The number of amides is 1. The zero-order valence-corrected chi connectivity index (χ0v) is 20.6. The molecule has 0 saturated carbocycles. The van der Waals surface area contributed by atoms with E-state index in [-0.39, 0.29) is 29.1 Å². The SMILES string of the molecule is CC(C)n1c(=O)c(C(=O)NC2CC3CCC(C2)N3CCNS(=O)(=O)C(C)C)cc2cccn21. The summed E-state index contributed by atoms with van der Waals surface area (Å²) in [5.74, 6) is -0.319. The van der Waals surface area contributed by atoms with E-state index in [1.165, 1.54) is 0 Å². The number of nitrogens with zero attached hydrogens (tertiary/aromatic N) is 3. The van der Waals surface area contributed by atoms with Crippen LogP contribution >= 0.6 is 0 Å². The normalized spacial score (nSPS) is 23.6. The average Bonchev–Trinajstić information content (AvgIpc) is 3.28. The maximum absolute atomic E-state index is 13.1. The van der Waals surface area contributed by atoms with Gasteiger partial charge in [-0.25, -0.2) is 17.8 Å². The molecule has 2 unspecified atom stereocenters. The van der Waals surface area contributed by atoms with Crippen LogP contribution in [0.15, 0.2) is 29.2 Å². The van der Waals surface area contributed by atoms with Gasteiger partial charge in [0.15, 0.2) is 0 Å². The predicted octanol–water partition coefficient (Wildman–Crippen LogP) is 1.73. The van der Waals surface area contributed by atoms with Crippen molar-refractivity contribution in [3.63, 3.8) is 0 Å². The van der Waals surface area contributed by atoms with Crippen LogP contribution in [0, 0.1) is 0 Å². The predicted molar refractivity (Wildman–Crippen MR) is 128 cm³/mol. The Hall–Kier alpha value is -2.17. The molecule has 4 rings (SSSR count). The van der Waals surface area contributed by atoms with Gasteiger partial charge < -0.3 is 5.32 Å². The molecular formula is C23H35N5O4S. The number of carbonyl (C=O) groups is 1. The molecule has 2 bridgehead atoms. The molecule has 2 atom stereocenters. The Morgan fingerprint density at radius 2 is 1.82 bits per heavy atom. The van der Waals surface area contributed by atoms with Crippen LogP contribution in [0.4, 0.5) is 0 Å². The van der Waals surface area contributed by atoms with Crippen molar-refractivity contribution in [1.82, 2.24) is 24.1 Å². The number of carbonyl (C=O) groups excluding carboxylic acids is 1. The lowest BCUT2D eigenvalue weighted by Gasteiger charge is -2.39. The Bertz CT molecular complexity index is 1170. The quantitative estimate of drug-likeness (QED) is 0.603. The Morgan fingerprint density at radius 3 is 2.42 bits per heavy atom. The Balaban J connectivity index is 1.41. The van der Waals surface area contributed by atoms with Crippen LogP contribution in [0.3, 0.4) is 0 Å². The highest BCUT2D eigenvalue weighted by atomic mass is 32.2. The summed E-state index contributed by atoms with van der Waals surface area (Å²) in [6.45, 7) is 8.27. The molecule has 2 aliphatic heterocycles. The van der Waals surface area contributed by atoms with E-state index < -0.39 is 15.3 Å². The fourth-order valence-electron chi connectivity index (χ4n) is 5.28. The van der Waals surface area contributed by atoms with Gasteiger partial charge in [0.1, 0.15) is 5.56 Å². The summed E-state index contributed by atoms with van der Waals surface area (Å²) in [6, 6.07) is 5.99. The lowest BCUT2D eigenvalue weighted by atomic mass is 9.97. The molecule has 0 radical (unpaired) electrons. The van der Waals surface area contributed by atoms with Crippen LogP contribution in [-0.4, -0.2) is 64.9 Å². The van der Waals surface area contributed by atoms with E-state index >= 15 is 0 Å². The molecule has 2 N–H and O–H groups in total. The smallest absolute Gasteiger partial charge is 0.278 e. The Labute approximate surface area is 195 Å². The van der Waals surface area contributed by atoms with Crippen molar-refractivity contribution >= 4 is 21.4 Å². The van der Waals surface area contributed by atoms with Crippen molar-refractivity contribution in [3.05, 3.63) is 40.3 Å². The van der Waals surface area contributed by atoms with Gasteiger partial charge in [-0.3, -0.25) is 19.0 Å². The summed E-state index contributed by atoms with van der Waals surface area (Å²) in [6.07, 6.45) is 5.54. The number of hydrogen-bond acceptors (Lipinski definition) is 5. The standard InChI is InChI=1S/C23H35N5O4S/c1-15(2)28-23(30)21(14-20-6-5-10-27(20)28)22(29)25-17-12-18-7-8-19(13-17)26(18)11-9-24-33(31,32)16(3)4/h5-6,10,14-19,24H,7-9,11-13H2,1-4H3,(H,25,29). The van der Waals surface area contributed by atoms with E-state index in [9.17, 15) is 18.0 Å². The van der Waals surface area contributed by atoms with Crippen LogP contribution in [0.2, 0.25) is 0 Å². The minimum absolute atomic E-state index is 0.00789. The molecule has 2 fully saturated rings. The lowest BCUT2D eigenvalue weighted by Crippen LogP contribution is -2.52. The molecule has 1 amide bonds. The van der Waals surface area contributed by atoms with Gasteiger partial charge in [-0.1, -0.05) is 0 Å². The number of fused-ring (bicyclic) bond motifs is 3. The first-order chi connectivity index (χ1) is 15.6. The first kappa shape index (κ1) is 24.0. The highest BCUT2D eigenvalue weighted by Gasteiger charge is 2.41. The molecule has 2 aliphatic rings. The van der Waals surface area contributed by atoms with E-state index in [0.717, 1.165) is 31.2 Å². The molecule has 182 valence electrons. The van der Waals surface area contributed by atoms with E-state index in [1.807, 2.05) is 32.2 Å². The Morgan fingerprint density at radius 1 is 1.15 bits per heavy atom. The van der Waals surface area contributed by atoms with Gasteiger partial charge in [-0.05, 0) is 71.6 Å². The number of aromatic nitrogens is 2. The third-order valence-corrected chi connectivity index (χ3v) is 8.82. The molecule has 4 heterocycles. The second-order valence-corrected chi connectivity index (χ2v) is 12.2. The van der Waals surface area contributed by atoms with Gasteiger partial charge >= 0.3 is 0 Å². The minimum Gasteiger partial charge on any atom is -0.349 e. The van der Waals surface area contributed by atoms with Crippen molar-refractivity contribution in [2.24, 2.45) is 0 Å². The van der Waals surface area contributed by atoms with E-state index in [2.05, 4.69) is 14.9 Å². The fraction of sp³-hybridized carbons (Fsp3) is 0.652. The first-order valence-electron chi connectivity index (χ1n) is 11.9. The number of nitrogens with one attached hydrogen (secondary N) is 2. The zero-order valence-electron chi connectivity index (χ0n) is 19.8. The molecule has 2 aromatic rings. The van der Waals surface area contributed by atoms with Gasteiger partial charge in [0.2, 0.25) is 10.0 Å². The van der Waals surface area contributed by atoms with Gasteiger partial charge in [0, 0.05) is 43.5 Å². The van der Waals surface area contributed by atoms with Gasteiger partial charge in [0.25, 0.3) is 11.5 Å². The van der Waals surface area contributed by atoms with Crippen LogP contribution in [0.25, 0.3) is 5.52 Å². The topological polar surface area (TPSA) is 105 Å². The summed E-state index contributed by atoms with van der Waals surface area (Å²) in [7, 11) is -3.26. The van der Waals surface area contributed by atoms with Crippen LogP contribution in [-0.2, 0) is 10.0 Å². The highest BCUT2D eigenvalue weighted by molar-refractivity contribution is 7.90. The summed E-state index contributed by atoms with van der Waals surface area (Å²) in [5, 5.41) is 2.67. The maximum atomic E-state index is 13.1. The summed E-state index contributed by atoms with van der Waals surface area (Å²) >= 11 is 0. The molecule has 9 nitrogen and oxygen atoms in total. The third-order valence-electron chi connectivity index (χ3n) is 6.97. The van der Waals surface area contributed by atoms with Crippen LogP contribution in [0.5, 0.6) is 0 Å². The second kappa shape index (κ2) is 9.23. The van der Waals surface area contributed by atoms with Gasteiger partial charge in [0.05, 0.1) is 10.8 Å². The molecule has 0 aromatic carbocycles. The molecule has 33 heavy (non-hydrogen) atoms. The van der Waals surface area contributed by atoms with Crippen molar-refractivity contribution in [2.45, 2.75) is 82.8 Å². The molecule has 0 spiro atoms. The molecule has 2 aromatic heterocycles. The van der Waals surface area contributed by atoms with Gasteiger partial charge in [-0.2, -0.15) is 0 Å². The monoisotopic (exact) mass is 477 g/mol. The third kappa shape index (κ3) is 4.74. The maximum Gasteiger partial charge on any atom is 0.278 e. The fourth-order valence-corrected chi connectivity index (χ4v) is 5.99. The summed E-state index contributed by atoms with van der Waals surface area (Å²) in [4.78, 5) is 28.6. The van der Waals surface area contributed by atoms with Crippen LogP contribution in [0.1, 0.15) is 69.8 Å². The number of hydrogen-bond donors (Lipinski definition) is 2. The molecule has 0 aliphatic carbocycles. The molecule has 2 saturated heterocycles. The van der Waals surface area contributed by atoms with Crippen LogP contribution < -0.4 is 15.6 Å². The van der Waals surface area contributed by atoms with Crippen molar-refractivity contribution in [3.8, 4) is 0 Å². The van der Waals surface area contributed by atoms with Gasteiger partial charge in [-0.15, -0.1) is 0 Å². The summed E-state index contributed by atoms with van der Waals surface area (Å²) in [5.41, 5.74) is 0.698. The summed E-state index contributed by atoms with van der Waals surface area (Å²) < 4.78 is 30.1. The van der Waals surface area contributed by atoms with Crippen molar-refractivity contribution in [2.75, 3.05) is 13.1 Å². The molecular weight excluding hydrogens is 442 g/mol. The van der Waals surface area contributed by atoms with E-state index in [0.29, 0.717) is 25.2 Å². The number of sulfonamides is 1. The zero-order chi connectivity index (χ0) is 23.9. The average molecular weight is 478 g/mol. The Kier molecular flexibility index (Phi) is 6.70. The number of piperidine rings is 1. The van der Waals surface area contributed by atoms with Crippen molar-refractivity contribution < 1.29 is 13.2 Å². The molecule has 10 heteroatoms. The first-order valence-corrected chi connectivity index (χ1v) is 13.4. The minimum atomic E-state index is -3.26. The van der Waals surface area contributed by atoms with E-state index in [4.69, 9.17) is 0 Å². The van der Waals surface area contributed by atoms with E-state index in [1.54, 1.807) is 29.1 Å². The number of rotatable bonds is 8. The second-order valence-electron chi connectivity index (χ2n) is 9.83. The largest absolute Gasteiger partial charge is 0.349 e. The lowest BCUT2D eigenvalue weighted by molar-refractivity contribution is 0.0847. The highest BCUT2D eigenvalue weighted by Crippen LogP contribution is 2.35.